The van der Waals surface area contributed by atoms with Crippen molar-refractivity contribution in [3.8, 4) is 11.1 Å². The average Bonchev–Trinajstić information content (AvgIpc) is 2.66. The first-order valence-electron chi connectivity index (χ1n) is 9.04. The lowest BCUT2D eigenvalue weighted by atomic mass is 9.75. The molecule has 0 atom stereocenters. The molecule has 3 aromatic rings. The zero-order valence-corrected chi connectivity index (χ0v) is 13.7. The molecule has 0 saturated heterocycles. The fourth-order valence-corrected chi connectivity index (χ4v) is 4.67. The van der Waals surface area contributed by atoms with E-state index in [1.165, 1.54) is 54.0 Å². The van der Waals surface area contributed by atoms with Gasteiger partial charge < -0.3 is 0 Å². The molecule has 2 aliphatic rings. The summed E-state index contributed by atoms with van der Waals surface area (Å²) in [6.45, 7) is 0. The molecule has 0 aromatic heterocycles. The van der Waals surface area contributed by atoms with Crippen LogP contribution >= 0.6 is 0 Å². The fraction of sp³-hybridized carbons (Fsp3) is 0.261. The molecule has 1 saturated carbocycles. The van der Waals surface area contributed by atoms with Crippen LogP contribution in [-0.4, -0.2) is 5.78 Å². The molecule has 0 amide bonds. The van der Waals surface area contributed by atoms with Crippen LogP contribution in [-0.2, 0) is 0 Å². The molecule has 0 unspecified atom stereocenters. The molecule has 1 nitrogen and oxygen atoms in total. The van der Waals surface area contributed by atoms with Crippen molar-refractivity contribution < 1.29 is 4.79 Å². The Morgan fingerprint density at radius 2 is 1.46 bits per heavy atom. The van der Waals surface area contributed by atoms with Crippen molar-refractivity contribution in [3.05, 3.63) is 71.3 Å². The van der Waals surface area contributed by atoms with Crippen molar-refractivity contribution in [2.75, 3.05) is 0 Å². The lowest BCUT2D eigenvalue weighted by Gasteiger charge is -2.28. The van der Waals surface area contributed by atoms with E-state index in [1.54, 1.807) is 0 Å². The van der Waals surface area contributed by atoms with Crippen LogP contribution in [0, 0.1) is 0 Å². The monoisotopic (exact) mass is 312 g/mol. The summed E-state index contributed by atoms with van der Waals surface area (Å²) < 4.78 is 0. The second-order valence-electron chi connectivity index (χ2n) is 7.14. The standard InChI is InChI=1S/C23H20O/c24-23-20-11-5-4-10-18(20)19-12-6-9-16-13-14-17(22(23)21(16)19)15-7-2-1-3-8-15/h4-6,9-15H,1-3,7-8H2. The number of ketones is 1. The molecular weight excluding hydrogens is 292 g/mol. The highest BCUT2D eigenvalue weighted by Gasteiger charge is 2.29. The third-order valence-corrected chi connectivity index (χ3v) is 5.81. The summed E-state index contributed by atoms with van der Waals surface area (Å²) in [5.41, 5.74) is 5.43. The zero-order valence-electron chi connectivity index (χ0n) is 13.7. The first-order chi connectivity index (χ1) is 11.8. The van der Waals surface area contributed by atoms with Gasteiger partial charge in [0.25, 0.3) is 0 Å². The minimum absolute atomic E-state index is 0.218. The molecular formula is C23H20O. The van der Waals surface area contributed by atoms with Crippen LogP contribution in [0.2, 0.25) is 0 Å². The molecule has 0 heterocycles. The van der Waals surface area contributed by atoms with E-state index in [2.05, 4.69) is 36.4 Å². The molecule has 0 radical (unpaired) electrons. The van der Waals surface area contributed by atoms with E-state index >= 15 is 0 Å². The molecule has 24 heavy (non-hydrogen) atoms. The van der Waals surface area contributed by atoms with Crippen LogP contribution in [0.3, 0.4) is 0 Å². The minimum Gasteiger partial charge on any atom is -0.289 e. The lowest BCUT2D eigenvalue weighted by Crippen LogP contribution is -2.16. The zero-order chi connectivity index (χ0) is 16.1. The van der Waals surface area contributed by atoms with Crippen LogP contribution in [0.4, 0.5) is 0 Å². The Kier molecular flexibility index (Phi) is 3.09. The van der Waals surface area contributed by atoms with Gasteiger partial charge in [-0.25, -0.2) is 0 Å². The van der Waals surface area contributed by atoms with Gasteiger partial charge in [-0.1, -0.05) is 73.9 Å². The van der Waals surface area contributed by atoms with Crippen molar-refractivity contribution in [2.24, 2.45) is 0 Å². The Morgan fingerprint density at radius 3 is 2.29 bits per heavy atom. The van der Waals surface area contributed by atoms with Gasteiger partial charge in [-0.05, 0) is 40.8 Å². The first-order valence-corrected chi connectivity index (χ1v) is 9.04. The molecule has 1 fully saturated rings. The second-order valence-corrected chi connectivity index (χ2v) is 7.14. The number of rotatable bonds is 1. The maximum Gasteiger partial charge on any atom is 0.194 e. The Bertz CT molecular complexity index is 961. The van der Waals surface area contributed by atoms with Crippen LogP contribution < -0.4 is 0 Å². The minimum atomic E-state index is 0.218. The highest BCUT2D eigenvalue weighted by atomic mass is 16.1. The van der Waals surface area contributed by atoms with Crippen LogP contribution in [0.5, 0.6) is 0 Å². The van der Waals surface area contributed by atoms with Crippen LogP contribution in [0.1, 0.15) is 59.5 Å². The number of benzene rings is 3. The summed E-state index contributed by atoms with van der Waals surface area (Å²) in [6, 6.07) is 18.9. The van der Waals surface area contributed by atoms with Crippen molar-refractivity contribution in [1.82, 2.24) is 0 Å². The van der Waals surface area contributed by atoms with Gasteiger partial charge in [-0.2, -0.15) is 0 Å². The van der Waals surface area contributed by atoms with Crippen LogP contribution in [0.15, 0.2) is 54.6 Å². The molecule has 5 rings (SSSR count). The van der Waals surface area contributed by atoms with Crippen molar-refractivity contribution >= 4 is 16.6 Å². The van der Waals surface area contributed by atoms with E-state index in [4.69, 9.17) is 0 Å². The van der Waals surface area contributed by atoms with Gasteiger partial charge in [-0.15, -0.1) is 0 Å². The summed E-state index contributed by atoms with van der Waals surface area (Å²) in [5, 5.41) is 2.36. The topological polar surface area (TPSA) is 17.1 Å². The molecule has 0 N–H and O–H groups in total. The van der Waals surface area contributed by atoms with Gasteiger partial charge in [0, 0.05) is 16.5 Å². The molecule has 0 aliphatic heterocycles. The number of hydrogen-bond acceptors (Lipinski definition) is 1. The SMILES string of the molecule is O=C1c2ccccc2-c2cccc3ccc(C4CCCCC4)c1c23. The summed E-state index contributed by atoms with van der Waals surface area (Å²) in [4.78, 5) is 13.4. The largest absolute Gasteiger partial charge is 0.289 e. The average molecular weight is 312 g/mol. The summed E-state index contributed by atoms with van der Waals surface area (Å²) in [7, 11) is 0. The number of fused-ring (bicyclic) bond motifs is 2. The van der Waals surface area contributed by atoms with E-state index in [0.29, 0.717) is 5.92 Å². The summed E-state index contributed by atoms with van der Waals surface area (Å²) in [6.07, 6.45) is 6.34. The highest BCUT2D eigenvalue weighted by molar-refractivity contribution is 6.26. The number of carbonyl (C=O) groups is 1. The Morgan fingerprint density at radius 1 is 0.708 bits per heavy atom. The van der Waals surface area contributed by atoms with Gasteiger partial charge in [-0.3, -0.25) is 4.79 Å². The van der Waals surface area contributed by atoms with Gasteiger partial charge in [0.1, 0.15) is 0 Å². The van der Waals surface area contributed by atoms with E-state index in [9.17, 15) is 4.79 Å². The summed E-state index contributed by atoms with van der Waals surface area (Å²) in [5.74, 6) is 0.760. The van der Waals surface area contributed by atoms with E-state index in [0.717, 1.165) is 16.7 Å². The lowest BCUT2D eigenvalue weighted by molar-refractivity contribution is 0.103. The van der Waals surface area contributed by atoms with E-state index < -0.39 is 0 Å². The van der Waals surface area contributed by atoms with Gasteiger partial charge >= 0.3 is 0 Å². The fourth-order valence-electron chi connectivity index (χ4n) is 4.67. The van der Waals surface area contributed by atoms with Gasteiger partial charge in [0.15, 0.2) is 5.78 Å². The molecule has 0 spiro atoms. The van der Waals surface area contributed by atoms with Crippen molar-refractivity contribution in [1.29, 1.82) is 0 Å². The normalized spacial score (nSPS) is 17.1. The van der Waals surface area contributed by atoms with Crippen molar-refractivity contribution in [2.45, 2.75) is 38.0 Å². The summed E-state index contributed by atoms with van der Waals surface area (Å²) >= 11 is 0. The quantitative estimate of drug-likeness (QED) is 0.415. The smallest absolute Gasteiger partial charge is 0.194 e. The predicted molar refractivity (Wildman–Crippen MR) is 98.6 cm³/mol. The molecule has 118 valence electrons. The maximum absolute atomic E-state index is 13.4. The van der Waals surface area contributed by atoms with Crippen LogP contribution in [0.25, 0.3) is 21.9 Å². The molecule has 3 aromatic carbocycles. The molecule has 0 bridgehead atoms. The van der Waals surface area contributed by atoms with Gasteiger partial charge in [0.05, 0.1) is 0 Å². The number of hydrogen-bond donors (Lipinski definition) is 0. The maximum atomic E-state index is 13.4. The predicted octanol–water partition coefficient (Wildman–Crippen LogP) is 6.10. The van der Waals surface area contributed by atoms with E-state index in [1.807, 2.05) is 18.2 Å². The molecule has 1 heteroatoms. The van der Waals surface area contributed by atoms with Gasteiger partial charge in [0.2, 0.25) is 0 Å². The highest BCUT2D eigenvalue weighted by Crippen LogP contribution is 2.44. The second kappa shape index (κ2) is 5.31. The number of carbonyl (C=O) groups excluding carboxylic acids is 1. The Balaban J connectivity index is 1.85. The first kappa shape index (κ1) is 14.0. The molecule has 2 aliphatic carbocycles. The third kappa shape index (κ3) is 1.91. The Labute approximate surface area is 142 Å². The van der Waals surface area contributed by atoms with Crippen molar-refractivity contribution in [3.63, 3.8) is 0 Å². The third-order valence-electron chi connectivity index (χ3n) is 5.81. The Hall–Kier alpha value is -2.41. The van der Waals surface area contributed by atoms with E-state index in [-0.39, 0.29) is 5.78 Å².